The SMILES string of the molecule is CCCCCCOCCOCCOCCOCCOCCOC(=O)c1ccc(NCCCC)cc1. The Morgan fingerprint density at radius 3 is 1.60 bits per heavy atom. The van der Waals surface area contributed by atoms with Gasteiger partial charge in [-0.3, -0.25) is 0 Å². The van der Waals surface area contributed by atoms with Gasteiger partial charge in [0.2, 0.25) is 0 Å². The van der Waals surface area contributed by atoms with Crippen molar-refractivity contribution in [2.45, 2.75) is 52.4 Å². The van der Waals surface area contributed by atoms with Crippen molar-refractivity contribution in [2.75, 3.05) is 84.5 Å². The Balaban J connectivity index is 1.82. The minimum atomic E-state index is -0.346. The van der Waals surface area contributed by atoms with Gasteiger partial charge in [0.05, 0.1) is 65.0 Å². The molecule has 1 aromatic rings. The van der Waals surface area contributed by atoms with Gasteiger partial charge in [-0.2, -0.15) is 0 Å². The van der Waals surface area contributed by atoms with Gasteiger partial charge < -0.3 is 33.7 Å². The smallest absolute Gasteiger partial charge is 0.338 e. The van der Waals surface area contributed by atoms with E-state index < -0.39 is 0 Å². The number of hydrogen-bond acceptors (Lipinski definition) is 8. The lowest BCUT2D eigenvalue weighted by Crippen LogP contribution is -2.15. The molecule has 0 bridgehead atoms. The van der Waals surface area contributed by atoms with Crippen LogP contribution in [0.5, 0.6) is 0 Å². The average molecular weight is 498 g/mol. The van der Waals surface area contributed by atoms with Gasteiger partial charge >= 0.3 is 5.97 Å². The molecule has 35 heavy (non-hydrogen) atoms. The second-order valence-electron chi connectivity index (χ2n) is 8.12. The van der Waals surface area contributed by atoms with Gasteiger partial charge in [-0.15, -0.1) is 0 Å². The molecular formula is C27H47NO7. The van der Waals surface area contributed by atoms with Gasteiger partial charge in [0.15, 0.2) is 0 Å². The standard InChI is InChI=1S/C27H47NO7/c1-3-5-7-8-14-30-15-16-31-17-18-32-19-20-33-21-22-34-23-24-35-27(29)25-9-11-26(12-10-25)28-13-6-4-2/h9-12,28H,3-8,13-24H2,1-2H3. The fourth-order valence-corrected chi connectivity index (χ4v) is 3.02. The van der Waals surface area contributed by atoms with Crippen molar-refractivity contribution in [1.29, 1.82) is 0 Å². The Morgan fingerprint density at radius 2 is 1.09 bits per heavy atom. The third kappa shape index (κ3) is 19.2. The summed E-state index contributed by atoms with van der Waals surface area (Å²) >= 11 is 0. The molecule has 0 atom stereocenters. The number of carbonyl (C=O) groups excluding carboxylic acids is 1. The number of esters is 1. The summed E-state index contributed by atoms with van der Waals surface area (Å²) in [6.07, 6.45) is 7.15. The molecule has 8 heteroatoms. The van der Waals surface area contributed by atoms with Crippen molar-refractivity contribution in [3.8, 4) is 0 Å². The van der Waals surface area contributed by atoms with Gasteiger partial charge in [0.25, 0.3) is 0 Å². The van der Waals surface area contributed by atoms with Crippen LogP contribution >= 0.6 is 0 Å². The van der Waals surface area contributed by atoms with Crippen molar-refractivity contribution < 1.29 is 33.2 Å². The second kappa shape index (κ2) is 24.0. The van der Waals surface area contributed by atoms with Gasteiger partial charge in [-0.1, -0.05) is 39.5 Å². The molecule has 0 aliphatic heterocycles. The first-order valence-corrected chi connectivity index (χ1v) is 13.2. The van der Waals surface area contributed by atoms with E-state index >= 15 is 0 Å². The molecule has 0 aliphatic rings. The molecule has 8 nitrogen and oxygen atoms in total. The van der Waals surface area contributed by atoms with Crippen LogP contribution in [0.3, 0.4) is 0 Å². The van der Waals surface area contributed by atoms with E-state index in [2.05, 4.69) is 19.2 Å². The molecular weight excluding hydrogens is 450 g/mol. The average Bonchev–Trinajstić information content (AvgIpc) is 2.88. The highest BCUT2D eigenvalue weighted by atomic mass is 16.6. The zero-order valence-electron chi connectivity index (χ0n) is 21.9. The molecule has 202 valence electrons. The van der Waals surface area contributed by atoms with Crippen LogP contribution in [0.25, 0.3) is 0 Å². The highest BCUT2D eigenvalue weighted by Crippen LogP contribution is 2.10. The summed E-state index contributed by atoms with van der Waals surface area (Å²) < 4.78 is 32.5. The summed E-state index contributed by atoms with van der Waals surface area (Å²) in [5.74, 6) is -0.346. The maximum atomic E-state index is 12.1. The van der Waals surface area contributed by atoms with Crippen LogP contribution in [-0.4, -0.2) is 85.2 Å². The number of benzene rings is 1. The predicted molar refractivity (Wildman–Crippen MR) is 138 cm³/mol. The van der Waals surface area contributed by atoms with E-state index in [1.54, 1.807) is 12.1 Å². The monoisotopic (exact) mass is 497 g/mol. The molecule has 0 amide bonds. The van der Waals surface area contributed by atoms with Crippen LogP contribution < -0.4 is 5.32 Å². The Bertz CT molecular complexity index is 598. The van der Waals surface area contributed by atoms with Crippen molar-refractivity contribution in [3.63, 3.8) is 0 Å². The molecule has 1 rings (SSSR count). The topological polar surface area (TPSA) is 84.5 Å². The molecule has 1 aromatic carbocycles. The van der Waals surface area contributed by atoms with E-state index in [0.717, 1.165) is 38.1 Å². The van der Waals surface area contributed by atoms with E-state index in [-0.39, 0.29) is 12.6 Å². The summed E-state index contributed by atoms with van der Waals surface area (Å²) in [4.78, 5) is 12.1. The number of nitrogens with one attached hydrogen (secondary N) is 1. The summed E-state index contributed by atoms with van der Waals surface area (Å²) in [6, 6.07) is 7.32. The van der Waals surface area contributed by atoms with E-state index in [1.807, 2.05) is 12.1 Å². The maximum absolute atomic E-state index is 12.1. The van der Waals surface area contributed by atoms with Crippen molar-refractivity contribution in [1.82, 2.24) is 0 Å². The van der Waals surface area contributed by atoms with Gasteiger partial charge in [-0.25, -0.2) is 4.79 Å². The first-order valence-electron chi connectivity index (χ1n) is 13.2. The Kier molecular flexibility index (Phi) is 21.5. The quantitative estimate of drug-likeness (QED) is 0.153. The molecule has 1 N–H and O–H groups in total. The molecule has 0 spiro atoms. The number of rotatable bonds is 25. The number of hydrogen-bond donors (Lipinski definition) is 1. The van der Waals surface area contributed by atoms with Crippen molar-refractivity contribution >= 4 is 11.7 Å². The molecule has 0 fully saturated rings. The molecule has 0 unspecified atom stereocenters. The summed E-state index contributed by atoms with van der Waals surface area (Å²) in [7, 11) is 0. The van der Waals surface area contributed by atoms with Crippen LogP contribution in [-0.2, 0) is 28.4 Å². The Morgan fingerprint density at radius 1 is 0.600 bits per heavy atom. The molecule has 0 saturated heterocycles. The van der Waals surface area contributed by atoms with E-state index in [9.17, 15) is 4.79 Å². The van der Waals surface area contributed by atoms with Crippen LogP contribution in [0, 0.1) is 0 Å². The van der Waals surface area contributed by atoms with Gasteiger partial charge in [0, 0.05) is 18.8 Å². The molecule has 0 aliphatic carbocycles. The van der Waals surface area contributed by atoms with E-state index in [4.69, 9.17) is 28.4 Å². The van der Waals surface area contributed by atoms with Crippen LogP contribution in [0.1, 0.15) is 62.7 Å². The zero-order chi connectivity index (χ0) is 25.2. The van der Waals surface area contributed by atoms with Crippen LogP contribution in [0.2, 0.25) is 0 Å². The van der Waals surface area contributed by atoms with E-state index in [1.165, 1.54) is 19.3 Å². The van der Waals surface area contributed by atoms with Crippen LogP contribution in [0.15, 0.2) is 24.3 Å². The lowest BCUT2D eigenvalue weighted by atomic mass is 10.2. The third-order valence-corrected chi connectivity index (χ3v) is 5.07. The molecule has 0 heterocycles. The number of carbonyl (C=O) groups is 1. The normalized spacial score (nSPS) is 11.0. The fourth-order valence-electron chi connectivity index (χ4n) is 3.02. The summed E-state index contributed by atoms with van der Waals surface area (Å²) in [5, 5.41) is 3.32. The zero-order valence-corrected chi connectivity index (χ0v) is 21.9. The fraction of sp³-hybridized carbons (Fsp3) is 0.741. The minimum absolute atomic E-state index is 0.211. The highest BCUT2D eigenvalue weighted by Gasteiger charge is 2.06. The first kappa shape index (κ1) is 31.3. The maximum Gasteiger partial charge on any atom is 0.338 e. The van der Waals surface area contributed by atoms with E-state index in [0.29, 0.717) is 65.0 Å². The molecule has 0 saturated carbocycles. The number of ether oxygens (including phenoxy) is 6. The van der Waals surface area contributed by atoms with Gasteiger partial charge in [0.1, 0.15) is 6.61 Å². The lowest BCUT2D eigenvalue weighted by Gasteiger charge is -2.09. The Labute approximate surface area is 211 Å². The number of unbranched alkanes of at least 4 members (excludes halogenated alkanes) is 4. The minimum Gasteiger partial charge on any atom is -0.460 e. The lowest BCUT2D eigenvalue weighted by molar-refractivity contribution is -0.0153. The first-order chi connectivity index (χ1) is 17.3. The predicted octanol–water partition coefficient (Wildman–Crippen LogP) is 4.72. The van der Waals surface area contributed by atoms with Crippen molar-refractivity contribution in [2.24, 2.45) is 0 Å². The van der Waals surface area contributed by atoms with Gasteiger partial charge in [-0.05, 0) is 37.1 Å². The highest BCUT2D eigenvalue weighted by molar-refractivity contribution is 5.89. The summed E-state index contributed by atoms with van der Waals surface area (Å²) in [5.41, 5.74) is 1.54. The van der Waals surface area contributed by atoms with Crippen LogP contribution in [0.4, 0.5) is 5.69 Å². The largest absolute Gasteiger partial charge is 0.460 e. The van der Waals surface area contributed by atoms with Crippen molar-refractivity contribution in [3.05, 3.63) is 29.8 Å². The molecule has 0 radical (unpaired) electrons. The second-order valence-corrected chi connectivity index (χ2v) is 8.12. The summed E-state index contributed by atoms with van der Waals surface area (Å²) in [6.45, 7) is 10.9. The third-order valence-electron chi connectivity index (χ3n) is 5.07. The number of anilines is 1. The Hall–Kier alpha value is -1.71. The molecule has 0 aromatic heterocycles.